The molecule has 2 aliphatic heterocycles. The van der Waals surface area contributed by atoms with Crippen LogP contribution < -0.4 is 15.8 Å². The highest BCUT2D eigenvalue weighted by Gasteiger charge is 2.36. The first kappa shape index (κ1) is 16.9. The van der Waals surface area contributed by atoms with Gasteiger partial charge in [-0.05, 0) is 5.56 Å². The van der Waals surface area contributed by atoms with E-state index >= 15 is 0 Å². The summed E-state index contributed by atoms with van der Waals surface area (Å²) < 4.78 is 13.0. The average Bonchev–Trinajstić information content (AvgIpc) is 2.69. The van der Waals surface area contributed by atoms with Crippen LogP contribution in [0.1, 0.15) is 18.0 Å². The summed E-state index contributed by atoms with van der Waals surface area (Å²) in [5, 5.41) is 0. The zero-order valence-corrected chi connectivity index (χ0v) is 14.3. The number of anilines is 1. The number of amides is 1. The van der Waals surface area contributed by atoms with Crippen LogP contribution in [0.15, 0.2) is 42.7 Å². The molecule has 2 aromatic rings. The minimum absolute atomic E-state index is 0.00600. The lowest BCUT2D eigenvalue weighted by atomic mass is 9.93. The molecule has 4 rings (SSSR count). The summed E-state index contributed by atoms with van der Waals surface area (Å²) in [6.07, 6.45) is 2.84. The first-order valence-electron chi connectivity index (χ1n) is 8.76. The van der Waals surface area contributed by atoms with Gasteiger partial charge < -0.3 is 4.90 Å². The van der Waals surface area contributed by atoms with E-state index in [9.17, 15) is 9.18 Å². The molecule has 1 aromatic carbocycles. The molecule has 2 fully saturated rings. The van der Waals surface area contributed by atoms with Crippen LogP contribution in [0.3, 0.4) is 0 Å². The summed E-state index contributed by atoms with van der Waals surface area (Å²) >= 11 is 0. The van der Waals surface area contributed by atoms with Crippen LogP contribution in [0.4, 0.5) is 10.3 Å². The summed E-state index contributed by atoms with van der Waals surface area (Å²) in [6, 6.07) is 10.3. The van der Waals surface area contributed by atoms with E-state index < -0.39 is 5.82 Å². The standard InChI is InChI=1S/C18H21FN6O/c19-14-11-20-18(21-12-14)25-8-6-24(7-9-25)15-10-16(26)22-23-17(15)13-4-2-1-3-5-13/h1-5,11-12,15,17,23H,6-10H2,(H,22,26). The highest BCUT2D eigenvalue weighted by Crippen LogP contribution is 2.27. The molecule has 1 aromatic heterocycles. The van der Waals surface area contributed by atoms with Crippen molar-refractivity contribution in [2.45, 2.75) is 18.5 Å². The lowest BCUT2D eigenvalue weighted by Crippen LogP contribution is -2.60. The molecule has 8 heteroatoms. The Hall–Kier alpha value is -2.58. The van der Waals surface area contributed by atoms with Gasteiger partial charge in [0.05, 0.1) is 18.4 Å². The Morgan fingerprint density at radius 3 is 2.42 bits per heavy atom. The third kappa shape index (κ3) is 3.51. The number of nitrogens with one attached hydrogen (secondary N) is 2. The number of piperazine rings is 1. The van der Waals surface area contributed by atoms with Gasteiger partial charge in [-0.25, -0.2) is 19.8 Å². The first-order valence-corrected chi connectivity index (χ1v) is 8.76. The molecular weight excluding hydrogens is 335 g/mol. The predicted molar refractivity (Wildman–Crippen MR) is 94.6 cm³/mol. The van der Waals surface area contributed by atoms with Gasteiger partial charge in [-0.2, -0.15) is 0 Å². The van der Waals surface area contributed by atoms with Crippen molar-refractivity contribution in [3.63, 3.8) is 0 Å². The smallest absolute Gasteiger partial charge is 0.235 e. The minimum Gasteiger partial charge on any atom is -0.338 e. The van der Waals surface area contributed by atoms with E-state index in [2.05, 4.69) is 37.9 Å². The number of nitrogens with zero attached hydrogens (tertiary/aromatic N) is 4. The second-order valence-corrected chi connectivity index (χ2v) is 6.58. The number of hydrogen-bond acceptors (Lipinski definition) is 6. The van der Waals surface area contributed by atoms with E-state index in [0.29, 0.717) is 12.4 Å². The Labute approximate surface area is 151 Å². The van der Waals surface area contributed by atoms with Gasteiger partial charge in [-0.15, -0.1) is 0 Å². The molecule has 3 heterocycles. The van der Waals surface area contributed by atoms with E-state index in [1.807, 2.05) is 23.1 Å². The maximum atomic E-state index is 13.0. The molecule has 0 saturated carbocycles. The first-order chi connectivity index (χ1) is 12.7. The summed E-state index contributed by atoms with van der Waals surface area (Å²) in [6.45, 7) is 3.07. The van der Waals surface area contributed by atoms with E-state index in [4.69, 9.17) is 0 Å². The molecule has 0 radical (unpaired) electrons. The molecule has 26 heavy (non-hydrogen) atoms. The van der Waals surface area contributed by atoms with E-state index in [1.54, 1.807) is 0 Å². The number of carbonyl (C=O) groups is 1. The van der Waals surface area contributed by atoms with Crippen molar-refractivity contribution in [1.29, 1.82) is 0 Å². The lowest BCUT2D eigenvalue weighted by molar-refractivity contribution is -0.126. The average molecular weight is 356 g/mol. The molecular formula is C18H21FN6O. The molecule has 136 valence electrons. The van der Waals surface area contributed by atoms with Crippen molar-refractivity contribution >= 4 is 11.9 Å². The van der Waals surface area contributed by atoms with Gasteiger partial charge in [-0.3, -0.25) is 15.1 Å². The monoisotopic (exact) mass is 356 g/mol. The molecule has 0 bridgehead atoms. The molecule has 2 saturated heterocycles. The van der Waals surface area contributed by atoms with Gasteiger partial charge in [0, 0.05) is 38.6 Å². The summed E-state index contributed by atoms with van der Waals surface area (Å²) in [4.78, 5) is 24.4. The van der Waals surface area contributed by atoms with Crippen LogP contribution in [0.5, 0.6) is 0 Å². The van der Waals surface area contributed by atoms with E-state index in [0.717, 1.165) is 31.7 Å². The van der Waals surface area contributed by atoms with Crippen molar-refractivity contribution in [2.24, 2.45) is 0 Å². The molecule has 0 spiro atoms. The Bertz CT molecular complexity index is 748. The van der Waals surface area contributed by atoms with Crippen molar-refractivity contribution in [2.75, 3.05) is 31.1 Å². The number of hydrazine groups is 1. The Morgan fingerprint density at radius 1 is 1.04 bits per heavy atom. The number of aromatic nitrogens is 2. The van der Waals surface area contributed by atoms with Crippen molar-refractivity contribution < 1.29 is 9.18 Å². The quantitative estimate of drug-likeness (QED) is 0.850. The van der Waals surface area contributed by atoms with E-state index in [1.165, 1.54) is 12.4 Å². The van der Waals surface area contributed by atoms with Gasteiger partial charge in [-0.1, -0.05) is 30.3 Å². The number of benzene rings is 1. The Morgan fingerprint density at radius 2 is 1.73 bits per heavy atom. The second kappa shape index (κ2) is 7.35. The summed E-state index contributed by atoms with van der Waals surface area (Å²) in [7, 11) is 0. The molecule has 0 aliphatic carbocycles. The van der Waals surface area contributed by atoms with Crippen molar-refractivity contribution in [3.05, 3.63) is 54.1 Å². The number of rotatable bonds is 3. The van der Waals surface area contributed by atoms with Crippen molar-refractivity contribution in [1.82, 2.24) is 25.7 Å². The number of carbonyl (C=O) groups excluding carboxylic acids is 1. The van der Waals surface area contributed by atoms with Crippen LogP contribution >= 0.6 is 0 Å². The van der Waals surface area contributed by atoms with Crippen LogP contribution in [-0.4, -0.2) is 53.0 Å². The zero-order chi connectivity index (χ0) is 17.9. The molecule has 7 nitrogen and oxygen atoms in total. The number of halogens is 1. The lowest BCUT2D eigenvalue weighted by Gasteiger charge is -2.44. The molecule has 2 aliphatic rings. The SMILES string of the molecule is O=C1CC(N2CCN(c3ncc(F)cn3)CC2)C(c2ccccc2)NN1. The fourth-order valence-corrected chi connectivity index (χ4v) is 3.64. The molecule has 2 unspecified atom stereocenters. The topological polar surface area (TPSA) is 73.4 Å². The van der Waals surface area contributed by atoms with Crippen LogP contribution in [0.2, 0.25) is 0 Å². The highest BCUT2D eigenvalue weighted by atomic mass is 19.1. The van der Waals surface area contributed by atoms with Crippen LogP contribution in [-0.2, 0) is 4.79 Å². The fraction of sp³-hybridized carbons (Fsp3) is 0.389. The van der Waals surface area contributed by atoms with Gasteiger partial charge in [0.15, 0.2) is 5.82 Å². The largest absolute Gasteiger partial charge is 0.338 e. The molecule has 2 N–H and O–H groups in total. The Kier molecular flexibility index (Phi) is 4.77. The van der Waals surface area contributed by atoms with Gasteiger partial charge >= 0.3 is 0 Å². The molecule has 2 atom stereocenters. The fourth-order valence-electron chi connectivity index (χ4n) is 3.64. The maximum Gasteiger partial charge on any atom is 0.235 e. The minimum atomic E-state index is -0.433. The Balaban J connectivity index is 1.46. The third-order valence-corrected chi connectivity index (χ3v) is 4.98. The molecule has 1 amide bonds. The third-order valence-electron chi connectivity index (χ3n) is 4.98. The van der Waals surface area contributed by atoms with Crippen LogP contribution in [0.25, 0.3) is 0 Å². The second-order valence-electron chi connectivity index (χ2n) is 6.58. The zero-order valence-electron chi connectivity index (χ0n) is 14.3. The summed E-state index contributed by atoms with van der Waals surface area (Å²) in [5.41, 5.74) is 7.07. The predicted octanol–water partition coefficient (Wildman–Crippen LogP) is 0.872. The summed E-state index contributed by atoms with van der Waals surface area (Å²) in [5.74, 6) is 0.119. The van der Waals surface area contributed by atoms with Gasteiger partial charge in [0.1, 0.15) is 0 Å². The normalized spacial score (nSPS) is 24.3. The highest BCUT2D eigenvalue weighted by molar-refractivity contribution is 5.77. The van der Waals surface area contributed by atoms with Crippen LogP contribution in [0, 0.1) is 5.82 Å². The number of hydrogen-bond donors (Lipinski definition) is 2. The van der Waals surface area contributed by atoms with E-state index in [-0.39, 0.29) is 18.0 Å². The van der Waals surface area contributed by atoms with Gasteiger partial charge in [0.2, 0.25) is 11.9 Å². The van der Waals surface area contributed by atoms with Gasteiger partial charge in [0.25, 0.3) is 0 Å². The maximum absolute atomic E-state index is 13.0. The van der Waals surface area contributed by atoms with Crippen molar-refractivity contribution in [3.8, 4) is 0 Å².